The number of carbonyl (C=O) groups is 2. The molecule has 0 N–H and O–H groups in total. The number of fused-ring (bicyclic) bond motifs is 1. The van der Waals surface area contributed by atoms with Gasteiger partial charge < -0.3 is 14.2 Å². The van der Waals surface area contributed by atoms with Gasteiger partial charge >= 0.3 is 5.97 Å². The molecule has 0 aliphatic carbocycles. The number of esters is 1. The summed E-state index contributed by atoms with van der Waals surface area (Å²) in [6.07, 6.45) is 1.81. The molecule has 0 saturated carbocycles. The lowest BCUT2D eigenvalue weighted by Crippen LogP contribution is -2.28. The summed E-state index contributed by atoms with van der Waals surface area (Å²) in [6, 6.07) is 12.4. The van der Waals surface area contributed by atoms with Crippen LogP contribution in [0, 0.1) is 0 Å². The average molecular weight is 424 g/mol. The molecule has 0 aromatic heterocycles. The molecule has 2 heterocycles. The molecule has 1 fully saturated rings. The SMILES string of the molecule is CCOC(=O)c1cccc(N=C2SC(=Cc3ccc4c(c3)OCO4)C(=O)N2CC)c1. The van der Waals surface area contributed by atoms with Gasteiger partial charge in [-0.05, 0) is 67.6 Å². The number of nitrogens with zero attached hydrogens (tertiary/aromatic N) is 2. The van der Waals surface area contributed by atoms with E-state index in [2.05, 4.69) is 4.99 Å². The second kappa shape index (κ2) is 8.62. The second-order valence-corrected chi connectivity index (χ2v) is 7.45. The van der Waals surface area contributed by atoms with Crippen LogP contribution in [0.3, 0.4) is 0 Å². The Morgan fingerprint density at radius 2 is 2.03 bits per heavy atom. The maximum Gasteiger partial charge on any atom is 0.338 e. The minimum atomic E-state index is -0.398. The zero-order chi connectivity index (χ0) is 21.1. The summed E-state index contributed by atoms with van der Waals surface area (Å²) in [6.45, 7) is 4.65. The third-order valence-electron chi connectivity index (χ3n) is 4.48. The van der Waals surface area contributed by atoms with Crippen LogP contribution >= 0.6 is 11.8 Å². The number of benzene rings is 2. The van der Waals surface area contributed by atoms with Gasteiger partial charge in [0.05, 0.1) is 22.8 Å². The summed E-state index contributed by atoms with van der Waals surface area (Å²) in [5, 5.41) is 0.565. The minimum absolute atomic E-state index is 0.111. The Bertz CT molecular complexity index is 1060. The van der Waals surface area contributed by atoms with Gasteiger partial charge in [0.15, 0.2) is 16.7 Å². The van der Waals surface area contributed by atoms with Crippen molar-refractivity contribution in [3.8, 4) is 11.5 Å². The van der Waals surface area contributed by atoms with Crippen LogP contribution in [-0.4, -0.2) is 41.9 Å². The first-order valence-corrected chi connectivity index (χ1v) is 10.4. The van der Waals surface area contributed by atoms with Crippen LogP contribution in [-0.2, 0) is 9.53 Å². The molecule has 1 amide bonds. The van der Waals surface area contributed by atoms with Crippen molar-refractivity contribution in [3.63, 3.8) is 0 Å². The summed E-state index contributed by atoms with van der Waals surface area (Å²) < 4.78 is 15.8. The van der Waals surface area contributed by atoms with Crippen molar-refractivity contribution >= 4 is 40.6 Å². The molecule has 0 atom stereocenters. The van der Waals surface area contributed by atoms with E-state index in [0.717, 1.165) is 5.56 Å². The molecule has 2 aromatic carbocycles. The van der Waals surface area contributed by atoms with Gasteiger partial charge in [-0.2, -0.15) is 0 Å². The van der Waals surface area contributed by atoms with Crippen LogP contribution in [0.15, 0.2) is 52.4 Å². The summed E-state index contributed by atoms with van der Waals surface area (Å²) in [7, 11) is 0. The predicted molar refractivity (Wildman–Crippen MR) is 115 cm³/mol. The van der Waals surface area contributed by atoms with Gasteiger partial charge in [0.1, 0.15) is 0 Å². The highest BCUT2D eigenvalue weighted by Gasteiger charge is 2.32. The standard InChI is InChI=1S/C22H20N2O5S/c1-3-24-20(25)19(11-14-8-9-17-18(10-14)29-13-28-17)30-22(24)23-16-7-5-6-15(12-16)21(26)27-4-2/h5-12H,3-4,13H2,1-2H3. The molecule has 0 spiro atoms. The fourth-order valence-electron chi connectivity index (χ4n) is 3.05. The van der Waals surface area contributed by atoms with Gasteiger partial charge in [0.2, 0.25) is 6.79 Å². The maximum atomic E-state index is 12.9. The molecule has 7 nitrogen and oxygen atoms in total. The van der Waals surface area contributed by atoms with Crippen molar-refractivity contribution in [2.24, 2.45) is 4.99 Å². The van der Waals surface area contributed by atoms with Crippen LogP contribution in [0.4, 0.5) is 5.69 Å². The summed E-state index contributed by atoms with van der Waals surface area (Å²) in [5.74, 6) is 0.851. The number of hydrogen-bond donors (Lipinski definition) is 0. The largest absolute Gasteiger partial charge is 0.462 e. The lowest BCUT2D eigenvalue weighted by molar-refractivity contribution is -0.122. The van der Waals surface area contributed by atoms with Gasteiger partial charge in [0, 0.05) is 6.54 Å². The van der Waals surface area contributed by atoms with Crippen LogP contribution < -0.4 is 9.47 Å². The monoisotopic (exact) mass is 424 g/mol. The zero-order valence-corrected chi connectivity index (χ0v) is 17.4. The van der Waals surface area contributed by atoms with E-state index in [1.807, 2.05) is 31.2 Å². The number of amides is 1. The lowest BCUT2D eigenvalue weighted by atomic mass is 10.2. The first-order valence-electron chi connectivity index (χ1n) is 9.56. The molecule has 2 aliphatic rings. The molecule has 0 radical (unpaired) electrons. The van der Waals surface area contributed by atoms with E-state index < -0.39 is 5.97 Å². The van der Waals surface area contributed by atoms with E-state index in [-0.39, 0.29) is 12.7 Å². The highest BCUT2D eigenvalue weighted by Crippen LogP contribution is 2.37. The fraction of sp³-hybridized carbons (Fsp3) is 0.227. The normalized spacial score (nSPS) is 17.8. The van der Waals surface area contributed by atoms with E-state index in [1.54, 1.807) is 36.1 Å². The van der Waals surface area contributed by atoms with Gasteiger partial charge in [-0.15, -0.1) is 0 Å². The topological polar surface area (TPSA) is 77.4 Å². The van der Waals surface area contributed by atoms with Crippen molar-refractivity contribution in [2.75, 3.05) is 19.9 Å². The van der Waals surface area contributed by atoms with E-state index >= 15 is 0 Å². The Hall–Kier alpha value is -3.26. The number of rotatable bonds is 5. The maximum absolute atomic E-state index is 12.9. The highest BCUT2D eigenvalue weighted by molar-refractivity contribution is 8.18. The average Bonchev–Trinajstić information content (AvgIpc) is 3.32. The molecule has 4 rings (SSSR count). The molecular weight excluding hydrogens is 404 g/mol. The van der Waals surface area contributed by atoms with Crippen LogP contribution in [0.2, 0.25) is 0 Å². The Kier molecular flexibility index (Phi) is 5.76. The fourth-order valence-corrected chi connectivity index (χ4v) is 4.11. The summed E-state index contributed by atoms with van der Waals surface area (Å²) in [4.78, 5) is 31.6. The minimum Gasteiger partial charge on any atom is -0.462 e. The van der Waals surface area contributed by atoms with Gasteiger partial charge in [-0.25, -0.2) is 9.79 Å². The van der Waals surface area contributed by atoms with Crippen molar-refractivity contribution in [1.29, 1.82) is 0 Å². The van der Waals surface area contributed by atoms with E-state index in [4.69, 9.17) is 14.2 Å². The van der Waals surface area contributed by atoms with E-state index in [9.17, 15) is 9.59 Å². The van der Waals surface area contributed by atoms with E-state index in [0.29, 0.717) is 46.0 Å². The highest BCUT2D eigenvalue weighted by atomic mass is 32.2. The first-order chi connectivity index (χ1) is 14.6. The number of aliphatic imine (C=N–C) groups is 1. The third kappa shape index (κ3) is 4.04. The van der Waals surface area contributed by atoms with Gasteiger partial charge in [-0.1, -0.05) is 12.1 Å². The number of likely N-dealkylation sites (N-methyl/N-ethyl adjacent to an activating group) is 1. The number of thioether (sulfide) groups is 1. The second-order valence-electron chi connectivity index (χ2n) is 6.44. The van der Waals surface area contributed by atoms with Gasteiger partial charge in [-0.3, -0.25) is 9.69 Å². The molecule has 0 unspecified atom stereocenters. The van der Waals surface area contributed by atoms with Crippen molar-refractivity contribution in [2.45, 2.75) is 13.8 Å². The zero-order valence-electron chi connectivity index (χ0n) is 16.6. The Morgan fingerprint density at radius 1 is 1.20 bits per heavy atom. The summed E-state index contributed by atoms with van der Waals surface area (Å²) in [5.41, 5.74) is 1.85. The molecule has 8 heteroatoms. The smallest absolute Gasteiger partial charge is 0.338 e. The Balaban J connectivity index is 1.61. The molecule has 0 bridgehead atoms. The molecule has 30 heavy (non-hydrogen) atoms. The molecular formula is C22H20N2O5S. The first kappa shape index (κ1) is 20.0. The van der Waals surface area contributed by atoms with Crippen molar-refractivity contribution in [3.05, 3.63) is 58.5 Å². The number of carbonyl (C=O) groups excluding carboxylic acids is 2. The number of hydrogen-bond acceptors (Lipinski definition) is 7. The number of ether oxygens (including phenoxy) is 3. The predicted octanol–water partition coefficient (Wildman–Crippen LogP) is 4.22. The molecule has 2 aromatic rings. The lowest BCUT2D eigenvalue weighted by Gasteiger charge is -2.12. The van der Waals surface area contributed by atoms with Gasteiger partial charge in [0.25, 0.3) is 5.91 Å². The molecule has 2 aliphatic heterocycles. The van der Waals surface area contributed by atoms with Crippen molar-refractivity contribution < 1.29 is 23.8 Å². The Labute approximate surface area is 178 Å². The third-order valence-corrected chi connectivity index (χ3v) is 5.49. The summed E-state index contributed by atoms with van der Waals surface area (Å²) >= 11 is 1.30. The molecule has 1 saturated heterocycles. The van der Waals surface area contributed by atoms with E-state index in [1.165, 1.54) is 11.8 Å². The van der Waals surface area contributed by atoms with Crippen molar-refractivity contribution in [1.82, 2.24) is 4.90 Å². The quantitative estimate of drug-likeness (QED) is 0.528. The van der Waals surface area contributed by atoms with Crippen LogP contribution in [0.25, 0.3) is 6.08 Å². The Morgan fingerprint density at radius 3 is 2.83 bits per heavy atom. The van der Waals surface area contributed by atoms with Crippen LogP contribution in [0.1, 0.15) is 29.8 Å². The molecule has 154 valence electrons. The number of amidine groups is 1. The van der Waals surface area contributed by atoms with Crippen LogP contribution in [0.5, 0.6) is 11.5 Å².